The van der Waals surface area contributed by atoms with E-state index in [0.29, 0.717) is 11.8 Å². The summed E-state index contributed by atoms with van der Waals surface area (Å²) in [5.41, 5.74) is 6.18. The van der Waals surface area contributed by atoms with Crippen molar-refractivity contribution < 1.29 is 9.90 Å². The van der Waals surface area contributed by atoms with Gasteiger partial charge in [0.1, 0.15) is 5.75 Å². The third kappa shape index (κ3) is 1.38. The van der Waals surface area contributed by atoms with Crippen LogP contribution in [0, 0.1) is 0 Å². The van der Waals surface area contributed by atoms with Crippen molar-refractivity contribution in [2.24, 2.45) is 5.73 Å². The molecular formula is C8H9NO2. The second kappa shape index (κ2) is 3.16. The van der Waals surface area contributed by atoms with Gasteiger partial charge in [0.2, 0.25) is 0 Å². The van der Waals surface area contributed by atoms with E-state index in [1.54, 1.807) is 18.2 Å². The monoisotopic (exact) mass is 151 g/mol. The molecule has 0 saturated heterocycles. The number of phenolic OH excluding ortho intramolecular Hbond substituents is 1. The summed E-state index contributed by atoms with van der Waals surface area (Å²) < 4.78 is 0. The van der Waals surface area contributed by atoms with Crippen molar-refractivity contribution in [3.05, 3.63) is 29.3 Å². The first kappa shape index (κ1) is 7.75. The number of hydrogen-bond donors (Lipinski definition) is 2. The number of para-hydroxylation sites is 1. The van der Waals surface area contributed by atoms with Crippen LogP contribution in [0.5, 0.6) is 5.75 Å². The summed E-state index contributed by atoms with van der Waals surface area (Å²) in [5, 5.41) is 9.28. The number of aromatic hydroxyl groups is 1. The van der Waals surface area contributed by atoms with Crippen molar-refractivity contribution in [3.63, 3.8) is 0 Å². The summed E-state index contributed by atoms with van der Waals surface area (Å²) in [6.45, 7) is 0.244. The highest BCUT2D eigenvalue weighted by molar-refractivity contribution is 5.79. The number of aldehydes is 1. The molecule has 0 spiro atoms. The van der Waals surface area contributed by atoms with E-state index in [1.807, 2.05) is 0 Å². The number of carbonyl (C=O) groups is 1. The van der Waals surface area contributed by atoms with Crippen molar-refractivity contribution in [3.8, 4) is 5.75 Å². The maximum absolute atomic E-state index is 10.3. The Hall–Kier alpha value is -1.35. The molecule has 3 nitrogen and oxygen atoms in total. The van der Waals surface area contributed by atoms with Crippen molar-refractivity contribution >= 4 is 6.29 Å². The smallest absolute Gasteiger partial charge is 0.153 e. The third-order valence-electron chi connectivity index (χ3n) is 1.50. The van der Waals surface area contributed by atoms with Crippen LogP contribution in [0.3, 0.4) is 0 Å². The Labute approximate surface area is 64.5 Å². The lowest BCUT2D eigenvalue weighted by Crippen LogP contribution is -1.97. The van der Waals surface area contributed by atoms with Gasteiger partial charge < -0.3 is 10.8 Å². The van der Waals surface area contributed by atoms with E-state index in [9.17, 15) is 9.90 Å². The number of carbonyl (C=O) groups excluding carboxylic acids is 1. The van der Waals surface area contributed by atoms with Crippen molar-refractivity contribution in [2.75, 3.05) is 0 Å². The largest absolute Gasteiger partial charge is 0.507 e. The van der Waals surface area contributed by atoms with Gasteiger partial charge in [-0.25, -0.2) is 0 Å². The molecule has 3 N–H and O–H groups in total. The number of benzene rings is 1. The van der Waals surface area contributed by atoms with Crippen molar-refractivity contribution in [1.82, 2.24) is 0 Å². The molecule has 0 aliphatic rings. The Balaban J connectivity index is 3.20. The molecule has 1 rings (SSSR count). The molecule has 0 fully saturated rings. The van der Waals surface area contributed by atoms with Crippen LogP contribution in [-0.2, 0) is 6.54 Å². The minimum Gasteiger partial charge on any atom is -0.507 e. The minimum absolute atomic E-state index is 0.00926. The molecule has 1 aromatic rings. The Kier molecular flexibility index (Phi) is 2.23. The molecule has 0 heterocycles. The highest BCUT2D eigenvalue weighted by Crippen LogP contribution is 2.19. The second-order valence-corrected chi connectivity index (χ2v) is 2.18. The quantitative estimate of drug-likeness (QED) is 0.610. The zero-order valence-electron chi connectivity index (χ0n) is 5.95. The summed E-state index contributed by atoms with van der Waals surface area (Å²) in [5.74, 6) is -0.00926. The molecule has 0 atom stereocenters. The average molecular weight is 151 g/mol. The summed E-state index contributed by atoms with van der Waals surface area (Å²) >= 11 is 0. The highest BCUT2D eigenvalue weighted by atomic mass is 16.3. The number of rotatable bonds is 2. The third-order valence-corrected chi connectivity index (χ3v) is 1.50. The van der Waals surface area contributed by atoms with Crippen LogP contribution in [0.25, 0.3) is 0 Å². The first-order valence-corrected chi connectivity index (χ1v) is 3.25. The van der Waals surface area contributed by atoms with Gasteiger partial charge in [0, 0.05) is 12.1 Å². The lowest BCUT2D eigenvalue weighted by molar-refractivity contribution is 0.112. The molecule has 0 aliphatic carbocycles. The molecule has 0 bridgehead atoms. The van der Waals surface area contributed by atoms with Gasteiger partial charge in [0.25, 0.3) is 0 Å². The van der Waals surface area contributed by atoms with E-state index in [-0.39, 0.29) is 17.9 Å². The van der Waals surface area contributed by atoms with Crippen LogP contribution in [0.15, 0.2) is 18.2 Å². The van der Waals surface area contributed by atoms with E-state index in [1.165, 1.54) is 0 Å². The lowest BCUT2D eigenvalue weighted by atomic mass is 10.1. The Morgan fingerprint density at radius 3 is 2.82 bits per heavy atom. The first-order valence-electron chi connectivity index (χ1n) is 3.25. The molecule has 1 aromatic carbocycles. The average Bonchev–Trinajstić information content (AvgIpc) is 2.05. The highest BCUT2D eigenvalue weighted by Gasteiger charge is 2.02. The van der Waals surface area contributed by atoms with E-state index in [2.05, 4.69) is 0 Å². The summed E-state index contributed by atoms with van der Waals surface area (Å²) in [6.07, 6.45) is 0.606. The molecule has 0 aliphatic heterocycles. The Morgan fingerprint density at radius 1 is 1.55 bits per heavy atom. The standard InChI is InChI=1S/C8H9NO2/c9-4-6-2-1-3-7(5-10)8(6)11/h1-3,5,11H,4,9H2. The van der Waals surface area contributed by atoms with Crippen molar-refractivity contribution in [1.29, 1.82) is 0 Å². The van der Waals surface area contributed by atoms with Crippen LogP contribution in [-0.4, -0.2) is 11.4 Å². The van der Waals surface area contributed by atoms with Gasteiger partial charge >= 0.3 is 0 Å². The van der Waals surface area contributed by atoms with Crippen molar-refractivity contribution in [2.45, 2.75) is 6.54 Å². The molecule has 0 aromatic heterocycles. The van der Waals surface area contributed by atoms with Crippen LogP contribution in [0.1, 0.15) is 15.9 Å². The van der Waals surface area contributed by atoms with E-state index >= 15 is 0 Å². The van der Waals surface area contributed by atoms with Gasteiger partial charge in [-0.1, -0.05) is 12.1 Å². The predicted octanol–water partition coefficient (Wildman–Crippen LogP) is 0.663. The van der Waals surface area contributed by atoms with Crippen LogP contribution in [0.4, 0.5) is 0 Å². The number of nitrogens with two attached hydrogens (primary N) is 1. The summed E-state index contributed by atoms with van der Waals surface area (Å²) in [4.78, 5) is 10.3. The molecule has 11 heavy (non-hydrogen) atoms. The van der Waals surface area contributed by atoms with Gasteiger partial charge in [0.15, 0.2) is 6.29 Å². The Bertz CT molecular complexity index is 271. The fraction of sp³-hybridized carbons (Fsp3) is 0.125. The van der Waals surface area contributed by atoms with Gasteiger partial charge in [-0.05, 0) is 6.07 Å². The van der Waals surface area contributed by atoms with Crippen LogP contribution >= 0.6 is 0 Å². The molecule has 0 amide bonds. The van der Waals surface area contributed by atoms with Gasteiger partial charge in [-0.3, -0.25) is 4.79 Å². The molecular weight excluding hydrogens is 142 g/mol. The van der Waals surface area contributed by atoms with Crippen LogP contribution < -0.4 is 5.73 Å². The normalized spacial score (nSPS) is 9.55. The first-order chi connectivity index (χ1) is 5.29. The predicted molar refractivity (Wildman–Crippen MR) is 41.4 cm³/mol. The van der Waals surface area contributed by atoms with E-state index in [4.69, 9.17) is 5.73 Å². The maximum atomic E-state index is 10.3. The minimum atomic E-state index is -0.00926. The summed E-state index contributed by atoms with van der Waals surface area (Å²) in [6, 6.07) is 4.91. The van der Waals surface area contributed by atoms with Gasteiger partial charge in [0.05, 0.1) is 5.56 Å². The molecule has 0 unspecified atom stereocenters. The zero-order chi connectivity index (χ0) is 8.27. The lowest BCUT2D eigenvalue weighted by Gasteiger charge is -2.01. The van der Waals surface area contributed by atoms with E-state index < -0.39 is 0 Å². The van der Waals surface area contributed by atoms with E-state index in [0.717, 1.165) is 0 Å². The van der Waals surface area contributed by atoms with Gasteiger partial charge in [-0.15, -0.1) is 0 Å². The molecule has 0 saturated carbocycles. The fourth-order valence-electron chi connectivity index (χ4n) is 0.871. The topological polar surface area (TPSA) is 63.3 Å². The number of hydrogen-bond acceptors (Lipinski definition) is 3. The van der Waals surface area contributed by atoms with Crippen LogP contribution in [0.2, 0.25) is 0 Å². The Morgan fingerprint density at radius 2 is 2.27 bits per heavy atom. The molecule has 0 radical (unpaired) electrons. The number of phenols is 1. The van der Waals surface area contributed by atoms with Gasteiger partial charge in [-0.2, -0.15) is 0 Å². The fourth-order valence-corrected chi connectivity index (χ4v) is 0.871. The SMILES string of the molecule is NCc1cccc(C=O)c1O. The second-order valence-electron chi connectivity index (χ2n) is 2.18. The summed E-state index contributed by atoms with van der Waals surface area (Å²) in [7, 11) is 0. The zero-order valence-corrected chi connectivity index (χ0v) is 5.95. The molecule has 3 heteroatoms. The molecule has 58 valence electrons. The maximum Gasteiger partial charge on any atom is 0.153 e.